The largest absolute Gasteiger partial charge is 0.0929 e. The summed E-state index contributed by atoms with van der Waals surface area (Å²) in [6.07, 6.45) is 1.87. The van der Waals surface area contributed by atoms with Crippen LogP contribution in [-0.2, 0) is 0 Å². The van der Waals surface area contributed by atoms with Gasteiger partial charge in [-0.15, -0.1) is 0 Å². The molecule has 0 unspecified atom stereocenters. The highest BCUT2D eigenvalue weighted by Crippen LogP contribution is 2.19. The van der Waals surface area contributed by atoms with Gasteiger partial charge in [-0.2, -0.15) is 0 Å². The first kappa shape index (κ1) is 10.0. The van der Waals surface area contributed by atoms with Crippen LogP contribution in [0.25, 0.3) is 17.2 Å². The molecule has 15 heavy (non-hydrogen) atoms. The predicted octanol–water partition coefficient (Wildman–Crippen LogP) is 4.56. The van der Waals surface area contributed by atoms with E-state index in [0.717, 1.165) is 5.56 Å². The van der Waals surface area contributed by atoms with Crippen LogP contribution in [0.15, 0.2) is 60.1 Å². The summed E-state index contributed by atoms with van der Waals surface area (Å²) in [5.74, 6) is 0. The molecule has 2 aromatic rings. The lowest BCUT2D eigenvalue weighted by molar-refractivity contribution is 1.60. The molecule has 0 nitrogen and oxygen atoms in total. The van der Waals surface area contributed by atoms with Gasteiger partial charge in [0.05, 0.1) is 0 Å². The lowest BCUT2D eigenvalue weighted by atomic mass is 10.0. The molecule has 0 saturated heterocycles. The van der Waals surface area contributed by atoms with Gasteiger partial charge in [-0.05, 0) is 22.8 Å². The van der Waals surface area contributed by atoms with E-state index >= 15 is 0 Å². The maximum Gasteiger partial charge on any atom is 0.00484 e. The van der Waals surface area contributed by atoms with Gasteiger partial charge in [0.1, 0.15) is 0 Å². The number of halogens is 1. The molecular weight excluding hydrogens is 204 g/mol. The Balaban J connectivity index is 2.32. The van der Waals surface area contributed by atoms with Gasteiger partial charge in [-0.1, -0.05) is 66.2 Å². The summed E-state index contributed by atoms with van der Waals surface area (Å²) < 4.78 is 0. The zero-order valence-corrected chi connectivity index (χ0v) is 8.98. The SMILES string of the molecule is Cl/C=C\c1ccc(-c2ccccc2)cc1. The van der Waals surface area contributed by atoms with Crippen LogP contribution in [0.3, 0.4) is 0 Å². The summed E-state index contributed by atoms with van der Waals surface area (Å²) in [7, 11) is 0. The van der Waals surface area contributed by atoms with Crippen LogP contribution in [0.2, 0.25) is 0 Å². The van der Waals surface area contributed by atoms with E-state index < -0.39 is 0 Å². The molecular formula is C14H11Cl. The first-order valence-corrected chi connectivity index (χ1v) is 5.26. The zero-order chi connectivity index (χ0) is 10.5. The lowest BCUT2D eigenvalue weighted by Gasteiger charge is -2.01. The second-order valence-corrected chi connectivity index (χ2v) is 3.53. The fourth-order valence-electron chi connectivity index (χ4n) is 1.49. The van der Waals surface area contributed by atoms with Crippen LogP contribution in [0.5, 0.6) is 0 Å². The lowest BCUT2D eigenvalue weighted by Crippen LogP contribution is -1.77. The Kier molecular flexibility index (Phi) is 3.21. The van der Waals surface area contributed by atoms with Crippen LogP contribution in [0.4, 0.5) is 0 Å². The molecule has 2 aromatic carbocycles. The van der Waals surface area contributed by atoms with Crippen LogP contribution < -0.4 is 0 Å². The van der Waals surface area contributed by atoms with Gasteiger partial charge < -0.3 is 0 Å². The zero-order valence-electron chi connectivity index (χ0n) is 8.23. The van der Waals surface area contributed by atoms with Crippen molar-refractivity contribution in [2.24, 2.45) is 0 Å². The monoisotopic (exact) mass is 214 g/mol. The minimum Gasteiger partial charge on any atom is -0.0929 e. The van der Waals surface area contributed by atoms with Crippen molar-refractivity contribution in [2.75, 3.05) is 0 Å². The number of benzene rings is 2. The summed E-state index contributed by atoms with van der Waals surface area (Å²) in [5.41, 5.74) is 5.10. The van der Waals surface area contributed by atoms with Crippen LogP contribution in [-0.4, -0.2) is 0 Å². The number of hydrogen-bond donors (Lipinski definition) is 0. The normalized spacial score (nSPS) is 10.7. The highest BCUT2D eigenvalue weighted by atomic mass is 35.5. The van der Waals surface area contributed by atoms with Gasteiger partial charge in [-0.3, -0.25) is 0 Å². The van der Waals surface area contributed by atoms with E-state index in [2.05, 4.69) is 36.4 Å². The summed E-state index contributed by atoms with van der Waals surface area (Å²) >= 11 is 5.51. The van der Waals surface area contributed by atoms with E-state index in [4.69, 9.17) is 11.6 Å². The minimum atomic E-state index is 1.12. The quantitative estimate of drug-likeness (QED) is 0.688. The highest BCUT2D eigenvalue weighted by molar-refractivity contribution is 6.27. The fourth-order valence-corrected chi connectivity index (χ4v) is 1.64. The van der Waals surface area contributed by atoms with E-state index in [0.29, 0.717) is 0 Å². The van der Waals surface area contributed by atoms with Crippen molar-refractivity contribution in [1.82, 2.24) is 0 Å². The van der Waals surface area contributed by atoms with Gasteiger partial charge in [0, 0.05) is 5.54 Å². The molecule has 0 saturated carbocycles. The fraction of sp³-hybridized carbons (Fsp3) is 0. The van der Waals surface area contributed by atoms with E-state index in [1.807, 2.05) is 24.3 Å². The van der Waals surface area contributed by atoms with Crippen molar-refractivity contribution in [1.29, 1.82) is 0 Å². The Hall–Kier alpha value is -1.53. The molecule has 0 bridgehead atoms. The Morgan fingerprint density at radius 3 is 1.93 bits per heavy atom. The molecule has 0 spiro atoms. The molecule has 0 aliphatic carbocycles. The molecule has 0 atom stereocenters. The molecule has 1 heteroatoms. The molecule has 0 fully saturated rings. The standard InChI is InChI=1S/C14H11Cl/c15-11-10-12-6-8-14(9-7-12)13-4-2-1-3-5-13/h1-11H/b11-10-. The summed E-state index contributed by atoms with van der Waals surface area (Å²) in [6.45, 7) is 0. The minimum absolute atomic E-state index is 1.12. The number of hydrogen-bond acceptors (Lipinski definition) is 0. The van der Waals surface area contributed by atoms with Crippen LogP contribution in [0.1, 0.15) is 5.56 Å². The average molecular weight is 215 g/mol. The van der Waals surface area contributed by atoms with Crippen molar-refractivity contribution in [3.63, 3.8) is 0 Å². The molecule has 0 aliphatic rings. The van der Waals surface area contributed by atoms with Crippen molar-refractivity contribution in [3.05, 3.63) is 65.7 Å². The molecule has 0 N–H and O–H groups in total. The van der Waals surface area contributed by atoms with Crippen molar-refractivity contribution < 1.29 is 0 Å². The maximum absolute atomic E-state index is 5.51. The summed E-state index contributed by atoms with van der Waals surface area (Å²) in [5, 5.41) is 0. The third-order valence-electron chi connectivity index (χ3n) is 2.27. The third kappa shape index (κ3) is 2.48. The van der Waals surface area contributed by atoms with E-state index in [1.165, 1.54) is 16.7 Å². The molecule has 0 aromatic heterocycles. The molecule has 2 rings (SSSR count). The highest BCUT2D eigenvalue weighted by Gasteiger charge is 1.94. The van der Waals surface area contributed by atoms with Crippen LogP contribution >= 0.6 is 11.6 Å². The Labute approximate surface area is 94.8 Å². The molecule has 0 aliphatic heterocycles. The smallest absolute Gasteiger partial charge is 0.00484 e. The van der Waals surface area contributed by atoms with Gasteiger partial charge in [0.15, 0.2) is 0 Å². The van der Waals surface area contributed by atoms with E-state index in [-0.39, 0.29) is 0 Å². The summed E-state index contributed by atoms with van der Waals surface area (Å²) in [6, 6.07) is 18.6. The van der Waals surface area contributed by atoms with Gasteiger partial charge >= 0.3 is 0 Å². The van der Waals surface area contributed by atoms with Crippen molar-refractivity contribution in [2.45, 2.75) is 0 Å². The topological polar surface area (TPSA) is 0 Å². The first-order valence-electron chi connectivity index (χ1n) is 4.82. The van der Waals surface area contributed by atoms with Gasteiger partial charge in [0.25, 0.3) is 0 Å². The molecule has 0 radical (unpaired) electrons. The molecule has 0 amide bonds. The predicted molar refractivity (Wildman–Crippen MR) is 66.8 cm³/mol. The average Bonchev–Trinajstić information content (AvgIpc) is 2.32. The Bertz CT molecular complexity index is 441. The van der Waals surface area contributed by atoms with Gasteiger partial charge in [0.2, 0.25) is 0 Å². The van der Waals surface area contributed by atoms with Gasteiger partial charge in [-0.25, -0.2) is 0 Å². The van der Waals surface area contributed by atoms with Crippen molar-refractivity contribution >= 4 is 17.7 Å². The van der Waals surface area contributed by atoms with E-state index in [9.17, 15) is 0 Å². The Morgan fingerprint density at radius 2 is 1.33 bits per heavy atom. The third-order valence-corrected chi connectivity index (χ3v) is 2.40. The second-order valence-electron chi connectivity index (χ2n) is 3.28. The maximum atomic E-state index is 5.51. The van der Waals surface area contributed by atoms with Crippen molar-refractivity contribution in [3.8, 4) is 11.1 Å². The molecule has 74 valence electrons. The second kappa shape index (κ2) is 4.81. The first-order chi connectivity index (χ1) is 7.40. The Morgan fingerprint density at radius 1 is 0.733 bits per heavy atom. The van der Waals surface area contributed by atoms with E-state index in [1.54, 1.807) is 0 Å². The molecule has 0 heterocycles. The number of rotatable bonds is 2. The summed E-state index contributed by atoms with van der Waals surface area (Å²) in [4.78, 5) is 0. The van der Waals surface area contributed by atoms with Crippen LogP contribution in [0, 0.1) is 0 Å².